The normalized spacial score (nSPS) is 15.4. The first-order valence-corrected chi connectivity index (χ1v) is 6.83. The standard InChI is InChI=1S/C11H17NO6S/c1-4-9(13)12-7-11(5-2,19(16,17)18)6-8(3)10(14)15/h4,6H,1,5,7H2,2-3H3,(H,12,13)(H,14,15)(H,16,17,18)/b8-6+. The van der Waals surface area contributed by atoms with Gasteiger partial charge in [-0.1, -0.05) is 13.5 Å². The summed E-state index contributed by atoms with van der Waals surface area (Å²) < 4.78 is 30.4. The van der Waals surface area contributed by atoms with E-state index in [1.807, 2.05) is 0 Å². The van der Waals surface area contributed by atoms with Gasteiger partial charge in [-0.25, -0.2) is 4.79 Å². The molecule has 0 spiro atoms. The number of hydrogen-bond acceptors (Lipinski definition) is 4. The quantitative estimate of drug-likeness (QED) is 0.460. The SMILES string of the molecule is C=CC(=O)NCC(/C=C(\C)C(=O)O)(CC)S(=O)(=O)O. The van der Waals surface area contributed by atoms with Crippen LogP contribution in [0.2, 0.25) is 0 Å². The van der Waals surface area contributed by atoms with Gasteiger partial charge < -0.3 is 10.4 Å². The van der Waals surface area contributed by atoms with Gasteiger partial charge in [-0.05, 0) is 25.5 Å². The van der Waals surface area contributed by atoms with Crippen molar-refractivity contribution in [2.45, 2.75) is 25.0 Å². The second kappa shape index (κ2) is 6.48. The lowest BCUT2D eigenvalue weighted by atomic mass is 10.0. The molecule has 0 aliphatic heterocycles. The molecule has 0 aromatic carbocycles. The second-order valence-electron chi connectivity index (χ2n) is 3.95. The molecule has 7 nitrogen and oxygen atoms in total. The third-order valence-corrected chi connectivity index (χ3v) is 4.25. The largest absolute Gasteiger partial charge is 0.478 e. The Morgan fingerprint density at radius 2 is 1.95 bits per heavy atom. The lowest BCUT2D eigenvalue weighted by molar-refractivity contribution is -0.132. The van der Waals surface area contributed by atoms with Crippen LogP contribution in [0.5, 0.6) is 0 Å². The minimum Gasteiger partial charge on any atom is -0.478 e. The molecule has 0 rings (SSSR count). The van der Waals surface area contributed by atoms with Crippen molar-refractivity contribution in [2.24, 2.45) is 0 Å². The van der Waals surface area contributed by atoms with Gasteiger partial charge >= 0.3 is 5.97 Å². The summed E-state index contributed by atoms with van der Waals surface area (Å²) in [4.78, 5) is 21.8. The molecule has 0 radical (unpaired) electrons. The maximum Gasteiger partial charge on any atom is 0.330 e. The van der Waals surface area contributed by atoms with E-state index in [0.29, 0.717) is 0 Å². The smallest absolute Gasteiger partial charge is 0.330 e. The molecule has 1 amide bonds. The van der Waals surface area contributed by atoms with Gasteiger partial charge in [0.25, 0.3) is 10.1 Å². The number of hydrogen-bond donors (Lipinski definition) is 3. The van der Waals surface area contributed by atoms with Crippen LogP contribution in [0.25, 0.3) is 0 Å². The monoisotopic (exact) mass is 291 g/mol. The fourth-order valence-electron chi connectivity index (χ4n) is 1.39. The van der Waals surface area contributed by atoms with E-state index in [-0.39, 0.29) is 12.0 Å². The van der Waals surface area contributed by atoms with Gasteiger partial charge in [-0.3, -0.25) is 9.35 Å². The van der Waals surface area contributed by atoms with Crippen LogP contribution in [-0.4, -0.2) is 41.2 Å². The summed E-state index contributed by atoms with van der Waals surface area (Å²) >= 11 is 0. The van der Waals surface area contributed by atoms with Crippen LogP contribution in [0.1, 0.15) is 20.3 Å². The average molecular weight is 291 g/mol. The molecule has 1 atom stereocenters. The fraction of sp³-hybridized carbons (Fsp3) is 0.455. The second-order valence-corrected chi connectivity index (χ2v) is 5.71. The van der Waals surface area contributed by atoms with Crippen molar-refractivity contribution in [3.05, 3.63) is 24.3 Å². The lowest BCUT2D eigenvalue weighted by Crippen LogP contribution is -2.47. The molecule has 0 heterocycles. The zero-order chi connectivity index (χ0) is 15.3. The predicted molar refractivity (Wildman–Crippen MR) is 69.2 cm³/mol. The number of nitrogens with one attached hydrogen (secondary N) is 1. The van der Waals surface area contributed by atoms with Crippen LogP contribution in [0.4, 0.5) is 0 Å². The van der Waals surface area contributed by atoms with E-state index in [9.17, 15) is 22.6 Å². The van der Waals surface area contributed by atoms with Crippen molar-refractivity contribution in [3.63, 3.8) is 0 Å². The van der Waals surface area contributed by atoms with E-state index >= 15 is 0 Å². The molecule has 108 valence electrons. The van der Waals surface area contributed by atoms with Gasteiger partial charge in [0.1, 0.15) is 4.75 Å². The number of carboxylic acids is 1. The molecule has 0 aliphatic rings. The third-order valence-electron chi connectivity index (χ3n) is 2.68. The highest BCUT2D eigenvalue weighted by atomic mass is 32.2. The number of carboxylic acid groups (broad SMARTS) is 1. The van der Waals surface area contributed by atoms with Crippen LogP contribution >= 0.6 is 0 Å². The molecule has 1 unspecified atom stereocenters. The van der Waals surface area contributed by atoms with Crippen molar-refractivity contribution in [1.29, 1.82) is 0 Å². The molecule has 0 aliphatic carbocycles. The molecule has 0 bridgehead atoms. The first kappa shape index (κ1) is 17.3. The Hall–Kier alpha value is -1.67. The highest BCUT2D eigenvalue weighted by molar-refractivity contribution is 7.87. The molecule has 0 saturated heterocycles. The van der Waals surface area contributed by atoms with E-state index in [4.69, 9.17) is 5.11 Å². The van der Waals surface area contributed by atoms with Crippen LogP contribution < -0.4 is 5.32 Å². The number of carbonyl (C=O) groups is 2. The summed E-state index contributed by atoms with van der Waals surface area (Å²) in [6.07, 6.45) is 1.76. The molecular formula is C11H17NO6S. The zero-order valence-electron chi connectivity index (χ0n) is 10.7. The highest BCUT2D eigenvalue weighted by Gasteiger charge is 2.40. The first-order valence-electron chi connectivity index (χ1n) is 5.39. The van der Waals surface area contributed by atoms with Crippen molar-refractivity contribution in [1.82, 2.24) is 5.32 Å². The Morgan fingerprint density at radius 3 is 2.26 bits per heavy atom. The summed E-state index contributed by atoms with van der Waals surface area (Å²) in [5.41, 5.74) is -0.243. The molecule has 19 heavy (non-hydrogen) atoms. The molecule has 0 aromatic rings. The number of carbonyl (C=O) groups excluding carboxylic acids is 1. The Morgan fingerprint density at radius 1 is 1.42 bits per heavy atom. The highest BCUT2D eigenvalue weighted by Crippen LogP contribution is 2.24. The summed E-state index contributed by atoms with van der Waals surface area (Å²) in [5.74, 6) is -1.93. The van der Waals surface area contributed by atoms with Gasteiger partial charge in [0.05, 0.1) is 0 Å². The van der Waals surface area contributed by atoms with Crippen molar-refractivity contribution in [3.8, 4) is 0 Å². The minimum absolute atomic E-state index is 0.103. The summed E-state index contributed by atoms with van der Waals surface area (Å²) in [6.45, 7) is 5.42. The topological polar surface area (TPSA) is 121 Å². The van der Waals surface area contributed by atoms with E-state index in [2.05, 4.69) is 11.9 Å². The van der Waals surface area contributed by atoms with E-state index in [1.165, 1.54) is 13.8 Å². The van der Waals surface area contributed by atoms with Gasteiger partial charge in [0, 0.05) is 12.1 Å². The molecule has 3 N–H and O–H groups in total. The summed E-state index contributed by atoms with van der Waals surface area (Å²) in [6, 6.07) is 0. The van der Waals surface area contributed by atoms with Gasteiger partial charge in [0.15, 0.2) is 0 Å². The molecule has 0 fully saturated rings. The van der Waals surface area contributed by atoms with E-state index in [0.717, 1.165) is 12.2 Å². The van der Waals surface area contributed by atoms with Gasteiger partial charge in [0.2, 0.25) is 5.91 Å². The van der Waals surface area contributed by atoms with Crippen LogP contribution in [-0.2, 0) is 19.7 Å². The zero-order valence-corrected chi connectivity index (χ0v) is 11.5. The maximum absolute atomic E-state index is 11.5. The molecule has 0 saturated carbocycles. The van der Waals surface area contributed by atoms with E-state index in [1.54, 1.807) is 0 Å². The maximum atomic E-state index is 11.5. The molecule has 8 heteroatoms. The predicted octanol–water partition coefficient (Wildman–Crippen LogP) is 0.356. The summed E-state index contributed by atoms with van der Waals surface area (Å²) in [5, 5.41) is 11.0. The Bertz CT molecular complexity index is 507. The van der Waals surface area contributed by atoms with Crippen molar-refractivity contribution >= 4 is 22.0 Å². The van der Waals surface area contributed by atoms with Crippen LogP contribution in [0, 0.1) is 0 Å². The Labute approximate surface area is 111 Å². The van der Waals surface area contributed by atoms with Crippen LogP contribution in [0.3, 0.4) is 0 Å². The van der Waals surface area contributed by atoms with E-state index < -0.39 is 33.3 Å². The number of aliphatic carboxylic acids is 1. The van der Waals surface area contributed by atoms with Gasteiger partial charge in [-0.2, -0.15) is 8.42 Å². The molecule has 0 aromatic heterocycles. The first-order chi connectivity index (χ1) is 8.59. The fourth-order valence-corrected chi connectivity index (χ4v) is 2.34. The summed E-state index contributed by atoms with van der Waals surface area (Å²) in [7, 11) is -4.60. The lowest BCUT2D eigenvalue weighted by Gasteiger charge is -2.26. The number of amides is 1. The Balaban J connectivity index is 5.60. The Kier molecular flexibility index (Phi) is 5.91. The minimum atomic E-state index is -4.60. The van der Waals surface area contributed by atoms with Crippen LogP contribution in [0.15, 0.2) is 24.3 Å². The van der Waals surface area contributed by atoms with Gasteiger partial charge in [-0.15, -0.1) is 0 Å². The third kappa shape index (κ3) is 4.49. The van der Waals surface area contributed by atoms with Crippen molar-refractivity contribution in [2.75, 3.05) is 6.54 Å². The average Bonchev–Trinajstić information content (AvgIpc) is 2.31. The molecular weight excluding hydrogens is 274 g/mol. The van der Waals surface area contributed by atoms with Crippen molar-refractivity contribution < 1.29 is 27.7 Å². The number of rotatable bonds is 7.